The van der Waals surface area contributed by atoms with E-state index in [1.807, 2.05) is 3.28 Å². The fourth-order valence-corrected chi connectivity index (χ4v) is 18.4. The van der Waals surface area contributed by atoms with Crippen LogP contribution in [0.25, 0.3) is 11.1 Å². The molecule has 4 aromatic rings. The van der Waals surface area contributed by atoms with Crippen LogP contribution in [0.2, 0.25) is 0 Å². The SMILES string of the molecule is CCC1=CC(CC)[C]([Zr+2](=[C](c2ccccc2)c2ccccc2)[CH]2c3cc(C(C)(C)C)ccc3-c3ccc(C(C)(C)C)cc32)=C1CC.[Cl-].[Cl-]. The molecule has 0 spiro atoms. The molecule has 48 heavy (non-hydrogen) atoms. The molecule has 6 rings (SSSR count). The summed E-state index contributed by atoms with van der Waals surface area (Å²) in [6.07, 6.45) is 6.07. The summed E-state index contributed by atoms with van der Waals surface area (Å²) in [6.45, 7) is 21.4. The minimum Gasteiger partial charge on any atom is -1.00 e. The quantitative estimate of drug-likeness (QED) is 0.209. The largest absolute Gasteiger partial charge is 1.00 e. The van der Waals surface area contributed by atoms with Gasteiger partial charge < -0.3 is 24.8 Å². The average Bonchev–Trinajstić information content (AvgIpc) is 3.58. The van der Waals surface area contributed by atoms with Crippen molar-refractivity contribution in [3.63, 3.8) is 0 Å². The number of hydrogen-bond donors (Lipinski definition) is 0. The van der Waals surface area contributed by atoms with Gasteiger partial charge in [0.1, 0.15) is 0 Å². The summed E-state index contributed by atoms with van der Waals surface area (Å²) in [5.74, 6) is 0.519. The molecule has 3 heteroatoms. The summed E-state index contributed by atoms with van der Waals surface area (Å²) in [5, 5.41) is 0. The zero-order valence-corrected chi connectivity index (χ0v) is 34.3. The van der Waals surface area contributed by atoms with E-state index in [1.165, 1.54) is 39.8 Å². The second kappa shape index (κ2) is 15.3. The Morgan fingerprint density at radius 1 is 0.604 bits per heavy atom. The molecule has 250 valence electrons. The number of fused-ring (bicyclic) bond motifs is 3. The Kier molecular flexibility index (Phi) is 12.3. The van der Waals surface area contributed by atoms with Crippen LogP contribution in [0.3, 0.4) is 0 Å². The standard InChI is InChI=1S/C21H25.C13H10.C11H17.2ClH.Zr/c1-20(2,3)16-7-9-18-14(12-16)11-15-13-17(21(4,5)6)8-10-19(15)18;1-3-7-12(8-4-1)11-13-9-5-2-6-10-13;1-4-9-7-10(5-2)11(6-3)8-9;;;/h7-13H,1-6H3;1-10H;7,9H,4-6H2,1-3H3;2*1H;/q;;;;;+2/p-2. The van der Waals surface area contributed by atoms with Crippen LogP contribution >= 0.6 is 0 Å². The van der Waals surface area contributed by atoms with Gasteiger partial charge in [-0.3, -0.25) is 0 Å². The molecule has 0 nitrogen and oxygen atoms in total. The van der Waals surface area contributed by atoms with E-state index >= 15 is 0 Å². The zero-order valence-electron chi connectivity index (χ0n) is 30.3. The van der Waals surface area contributed by atoms with Crippen molar-refractivity contribution in [2.45, 2.75) is 96.0 Å². The van der Waals surface area contributed by atoms with E-state index in [2.05, 4.69) is 165 Å². The third kappa shape index (κ3) is 7.13. The third-order valence-electron chi connectivity index (χ3n) is 10.4. The van der Waals surface area contributed by atoms with Gasteiger partial charge in [-0.15, -0.1) is 0 Å². The van der Waals surface area contributed by atoms with Gasteiger partial charge in [-0.25, -0.2) is 0 Å². The molecule has 0 heterocycles. The van der Waals surface area contributed by atoms with Crippen LogP contribution in [-0.4, -0.2) is 3.21 Å². The topological polar surface area (TPSA) is 0 Å². The Hall–Kier alpha value is -2.31. The maximum atomic E-state index is 2.68. The van der Waals surface area contributed by atoms with Crippen LogP contribution in [0.4, 0.5) is 0 Å². The molecule has 0 fully saturated rings. The van der Waals surface area contributed by atoms with Crippen molar-refractivity contribution in [3.05, 3.63) is 151 Å². The fraction of sp³-hybridized carbons (Fsp3) is 0.356. The Labute approximate surface area is 311 Å². The van der Waals surface area contributed by atoms with E-state index in [9.17, 15) is 0 Å². The normalized spacial score (nSPS) is 15.5. The van der Waals surface area contributed by atoms with Crippen molar-refractivity contribution in [2.75, 3.05) is 0 Å². The van der Waals surface area contributed by atoms with Crippen LogP contribution in [0.5, 0.6) is 0 Å². The second-order valence-electron chi connectivity index (χ2n) is 15.4. The molecule has 0 aromatic heterocycles. The molecular formula is C45H52Cl2Zr. The summed E-state index contributed by atoms with van der Waals surface area (Å²) < 4.78 is 3.90. The predicted octanol–water partition coefficient (Wildman–Crippen LogP) is 6.29. The fourth-order valence-electron chi connectivity index (χ4n) is 7.88. The van der Waals surface area contributed by atoms with Gasteiger partial charge in [-0.05, 0) is 0 Å². The summed E-state index contributed by atoms with van der Waals surface area (Å²) in [7, 11) is 0. The van der Waals surface area contributed by atoms with Crippen LogP contribution < -0.4 is 24.8 Å². The number of rotatable bonds is 7. The van der Waals surface area contributed by atoms with E-state index in [-0.39, 0.29) is 35.6 Å². The Bertz CT molecular complexity index is 1740. The molecular weight excluding hydrogens is 703 g/mol. The van der Waals surface area contributed by atoms with Crippen molar-refractivity contribution in [3.8, 4) is 11.1 Å². The van der Waals surface area contributed by atoms with Gasteiger partial charge in [0.2, 0.25) is 0 Å². The minimum atomic E-state index is -2.90. The molecule has 2 aliphatic carbocycles. The molecule has 0 aliphatic heterocycles. The predicted molar refractivity (Wildman–Crippen MR) is 197 cm³/mol. The molecule has 4 aromatic carbocycles. The van der Waals surface area contributed by atoms with Gasteiger partial charge in [0.05, 0.1) is 0 Å². The maximum absolute atomic E-state index is 2.90. The Balaban J connectivity index is 0.00000260. The van der Waals surface area contributed by atoms with E-state index < -0.39 is 21.3 Å². The van der Waals surface area contributed by atoms with E-state index in [0.717, 1.165) is 12.8 Å². The third-order valence-corrected chi connectivity index (χ3v) is 19.2. The van der Waals surface area contributed by atoms with Crippen molar-refractivity contribution in [2.24, 2.45) is 5.92 Å². The van der Waals surface area contributed by atoms with E-state index in [4.69, 9.17) is 0 Å². The number of benzene rings is 4. The smallest absolute Gasteiger partial charge is 1.00 e. The van der Waals surface area contributed by atoms with Crippen LogP contribution in [-0.2, 0) is 32.1 Å². The molecule has 0 saturated carbocycles. The van der Waals surface area contributed by atoms with Gasteiger partial charge in [0.25, 0.3) is 0 Å². The first-order valence-corrected chi connectivity index (χ1v) is 21.4. The van der Waals surface area contributed by atoms with Crippen molar-refractivity contribution in [1.82, 2.24) is 0 Å². The van der Waals surface area contributed by atoms with Crippen molar-refractivity contribution in [1.29, 1.82) is 0 Å². The van der Waals surface area contributed by atoms with Gasteiger partial charge in [0, 0.05) is 0 Å². The van der Waals surface area contributed by atoms with Crippen molar-refractivity contribution >= 4 is 3.21 Å². The van der Waals surface area contributed by atoms with E-state index in [0.29, 0.717) is 9.54 Å². The molecule has 0 N–H and O–H groups in total. The summed E-state index contributed by atoms with van der Waals surface area (Å²) in [4.78, 5) is 0. The molecule has 0 amide bonds. The van der Waals surface area contributed by atoms with Crippen LogP contribution in [0.15, 0.2) is 118 Å². The Morgan fingerprint density at radius 3 is 1.44 bits per heavy atom. The summed E-state index contributed by atoms with van der Waals surface area (Å²) >= 11 is -2.90. The number of hydrogen-bond acceptors (Lipinski definition) is 0. The monoisotopic (exact) mass is 752 g/mol. The van der Waals surface area contributed by atoms with Crippen LogP contribution in [0.1, 0.15) is 119 Å². The first-order chi connectivity index (χ1) is 22.0. The summed E-state index contributed by atoms with van der Waals surface area (Å²) in [6, 6.07) is 37.9. The van der Waals surface area contributed by atoms with Gasteiger partial charge in [-0.1, -0.05) is 0 Å². The molecule has 0 bridgehead atoms. The second-order valence-corrected chi connectivity index (χ2v) is 21.4. The van der Waals surface area contributed by atoms with Crippen molar-refractivity contribution < 1.29 is 46.1 Å². The first kappa shape index (κ1) is 38.5. The minimum absolute atomic E-state index is 0. The number of halogens is 2. The van der Waals surface area contributed by atoms with E-state index in [1.54, 1.807) is 25.5 Å². The molecule has 2 aliphatic rings. The maximum Gasteiger partial charge on any atom is -1.00 e. The zero-order chi connectivity index (χ0) is 32.8. The Morgan fingerprint density at radius 2 is 1.06 bits per heavy atom. The average molecular weight is 755 g/mol. The molecule has 0 saturated heterocycles. The first-order valence-electron chi connectivity index (χ1n) is 17.6. The van der Waals surface area contributed by atoms with Gasteiger partial charge >= 0.3 is 288 Å². The van der Waals surface area contributed by atoms with Gasteiger partial charge in [-0.2, -0.15) is 0 Å². The van der Waals surface area contributed by atoms with Gasteiger partial charge in [0.15, 0.2) is 0 Å². The molecule has 1 unspecified atom stereocenters. The van der Waals surface area contributed by atoms with Crippen LogP contribution in [0, 0.1) is 5.92 Å². The summed E-state index contributed by atoms with van der Waals surface area (Å²) in [5.41, 5.74) is 15.3. The molecule has 0 radical (unpaired) electrons. The molecule has 1 atom stereocenters. The number of allylic oxidation sites excluding steroid dienone is 4.